The fourth-order valence-corrected chi connectivity index (χ4v) is 2.67. The summed E-state index contributed by atoms with van der Waals surface area (Å²) in [6, 6.07) is 6.84. The summed E-state index contributed by atoms with van der Waals surface area (Å²) in [5, 5.41) is 3.53. The topological polar surface area (TPSA) is 38.3 Å². The van der Waals surface area contributed by atoms with Crippen molar-refractivity contribution in [1.82, 2.24) is 5.32 Å². The Hall–Kier alpha value is -1.06. The summed E-state index contributed by atoms with van der Waals surface area (Å²) in [4.78, 5) is 11.4. The lowest BCUT2D eigenvalue weighted by Gasteiger charge is -2.13. The van der Waals surface area contributed by atoms with Crippen molar-refractivity contribution in [2.24, 2.45) is 0 Å². The van der Waals surface area contributed by atoms with E-state index in [2.05, 4.69) is 11.4 Å². The van der Waals surface area contributed by atoms with Gasteiger partial charge in [-0.05, 0) is 36.1 Å². The van der Waals surface area contributed by atoms with Crippen molar-refractivity contribution < 1.29 is 9.53 Å². The maximum atomic E-state index is 11.4. The summed E-state index contributed by atoms with van der Waals surface area (Å²) in [5.74, 6) is -0.249. The first kappa shape index (κ1) is 11.4. The third kappa shape index (κ3) is 1.51. The number of halogens is 1. The maximum absolute atomic E-state index is 11.4. The number of benzene rings is 1. The molecule has 3 nitrogen and oxygen atoms in total. The largest absolute Gasteiger partial charge is 0.465 e. The van der Waals surface area contributed by atoms with Crippen molar-refractivity contribution in [2.45, 2.75) is 24.9 Å². The molecule has 0 radical (unpaired) electrons. The molecule has 1 fully saturated rings. The highest BCUT2D eigenvalue weighted by molar-refractivity contribution is 5.89. The molecular formula is C12H14ClNO2. The minimum Gasteiger partial charge on any atom is -0.465 e. The Bertz CT molecular complexity index is 433. The quantitative estimate of drug-likeness (QED) is 0.765. The van der Waals surface area contributed by atoms with Crippen LogP contribution in [0.1, 0.15) is 46.4 Å². The van der Waals surface area contributed by atoms with Crippen LogP contribution in [0.4, 0.5) is 0 Å². The number of carbonyl (C=O) groups excluding carboxylic acids is 1. The van der Waals surface area contributed by atoms with Gasteiger partial charge in [0.05, 0.1) is 12.7 Å². The zero-order valence-corrected chi connectivity index (χ0v) is 9.84. The van der Waals surface area contributed by atoms with Crippen LogP contribution in [-0.4, -0.2) is 13.1 Å². The van der Waals surface area contributed by atoms with E-state index in [4.69, 9.17) is 4.74 Å². The van der Waals surface area contributed by atoms with Gasteiger partial charge in [-0.2, -0.15) is 0 Å². The molecular weight excluding hydrogens is 226 g/mol. The number of nitrogens with one attached hydrogen (secondary N) is 1. The molecule has 0 aromatic heterocycles. The van der Waals surface area contributed by atoms with E-state index in [0.717, 1.165) is 0 Å². The zero-order chi connectivity index (χ0) is 10.4. The van der Waals surface area contributed by atoms with E-state index in [9.17, 15) is 4.79 Å². The molecule has 16 heavy (non-hydrogen) atoms. The smallest absolute Gasteiger partial charge is 0.337 e. The van der Waals surface area contributed by atoms with Crippen LogP contribution in [0.2, 0.25) is 0 Å². The lowest BCUT2D eigenvalue weighted by molar-refractivity contribution is 0.0600. The highest BCUT2D eigenvalue weighted by atomic mass is 35.5. The summed E-state index contributed by atoms with van der Waals surface area (Å²) < 4.78 is 4.72. The van der Waals surface area contributed by atoms with Crippen LogP contribution >= 0.6 is 12.4 Å². The van der Waals surface area contributed by atoms with Crippen LogP contribution < -0.4 is 5.32 Å². The summed E-state index contributed by atoms with van der Waals surface area (Å²) >= 11 is 0. The molecule has 2 heterocycles. The fraction of sp³-hybridized carbons (Fsp3) is 0.417. The molecule has 1 aromatic carbocycles. The van der Waals surface area contributed by atoms with E-state index >= 15 is 0 Å². The third-order valence-corrected chi connectivity index (χ3v) is 3.41. The predicted octanol–water partition coefficient (Wildman–Crippen LogP) is 2.37. The van der Waals surface area contributed by atoms with Gasteiger partial charge in [-0.3, -0.25) is 0 Å². The molecule has 2 atom stereocenters. The van der Waals surface area contributed by atoms with Gasteiger partial charge in [0.2, 0.25) is 0 Å². The Morgan fingerprint density at radius 1 is 1.31 bits per heavy atom. The number of rotatable bonds is 1. The molecule has 2 bridgehead atoms. The number of hydrogen-bond acceptors (Lipinski definition) is 3. The van der Waals surface area contributed by atoms with Crippen LogP contribution in [0, 0.1) is 0 Å². The molecule has 1 aromatic rings. The van der Waals surface area contributed by atoms with E-state index in [0.29, 0.717) is 17.6 Å². The molecule has 2 aliphatic rings. The minimum absolute atomic E-state index is 0. The summed E-state index contributed by atoms with van der Waals surface area (Å²) in [5.41, 5.74) is 3.30. The molecule has 86 valence electrons. The van der Waals surface area contributed by atoms with Crippen molar-refractivity contribution in [1.29, 1.82) is 0 Å². The van der Waals surface area contributed by atoms with E-state index in [1.165, 1.54) is 31.1 Å². The first-order valence-electron chi connectivity index (χ1n) is 5.28. The Balaban J connectivity index is 0.000000963. The van der Waals surface area contributed by atoms with E-state index < -0.39 is 0 Å². The number of fused-ring (bicyclic) bond motifs is 5. The Labute approximate surface area is 101 Å². The first-order chi connectivity index (χ1) is 7.29. The molecule has 1 saturated heterocycles. The van der Waals surface area contributed by atoms with Crippen LogP contribution in [0.25, 0.3) is 0 Å². The van der Waals surface area contributed by atoms with Gasteiger partial charge in [-0.25, -0.2) is 4.79 Å². The molecule has 2 aliphatic heterocycles. The highest BCUT2D eigenvalue weighted by Gasteiger charge is 2.36. The van der Waals surface area contributed by atoms with Gasteiger partial charge < -0.3 is 10.1 Å². The van der Waals surface area contributed by atoms with Crippen molar-refractivity contribution in [3.05, 3.63) is 34.9 Å². The van der Waals surface area contributed by atoms with Crippen molar-refractivity contribution in [3.8, 4) is 0 Å². The summed E-state index contributed by atoms with van der Waals surface area (Å²) in [7, 11) is 1.42. The lowest BCUT2D eigenvalue weighted by Crippen LogP contribution is -2.06. The highest BCUT2D eigenvalue weighted by Crippen LogP contribution is 2.44. The molecule has 4 heteroatoms. The van der Waals surface area contributed by atoms with Gasteiger partial charge in [0, 0.05) is 12.1 Å². The molecule has 0 saturated carbocycles. The average molecular weight is 240 g/mol. The second-order valence-electron chi connectivity index (χ2n) is 4.18. The molecule has 3 rings (SSSR count). The number of carbonyl (C=O) groups is 1. The number of ether oxygens (including phenoxy) is 1. The lowest BCUT2D eigenvalue weighted by atomic mass is 9.90. The van der Waals surface area contributed by atoms with Gasteiger partial charge in [0.15, 0.2) is 0 Å². The monoisotopic (exact) mass is 239 g/mol. The van der Waals surface area contributed by atoms with Crippen molar-refractivity contribution in [2.75, 3.05) is 7.11 Å². The average Bonchev–Trinajstić information content (AvgIpc) is 2.88. The zero-order valence-electron chi connectivity index (χ0n) is 9.03. The number of hydrogen-bond donors (Lipinski definition) is 1. The van der Waals surface area contributed by atoms with Crippen LogP contribution in [0.5, 0.6) is 0 Å². The van der Waals surface area contributed by atoms with Gasteiger partial charge in [-0.15, -0.1) is 12.4 Å². The second-order valence-corrected chi connectivity index (χ2v) is 4.18. The standard InChI is InChI=1S/C12H13NO2.ClH/c1-15-12(14)7-2-3-8-9(6-7)11-5-4-10(8)13-11;/h2-3,6,10-11,13H,4-5H2,1H3;1H. The fourth-order valence-electron chi connectivity index (χ4n) is 2.67. The van der Waals surface area contributed by atoms with Crippen LogP contribution in [0.15, 0.2) is 18.2 Å². The molecule has 0 spiro atoms. The van der Waals surface area contributed by atoms with E-state index in [1.54, 1.807) is 0 Å². The van der Waals surface area contributed by atoms with Crippen molar-refractivity contribution in [3.63, 3.8) is 0 Å². The first-order valence-corrected chi connectivity index (χ1v) is 5.28. The van der Waals surface area contributed by atoms with Gasteiger partial charge in [0.25, 0.3) is 0 Å². The molecule has 2 unspecified atom stereocenters. The second kappa shape index (κ2) is 4.07. The van der Waals surface area contributed by atoms with Gasteiger partial charge >= 0.3 is 5.97 Å². The van der Waals surface area contributed by atoms with Crippen molar-refractivity contribution >= 4 is 18.4 Å². The Morgan fingerprint density at radius 3 is 2.69 bits per heavy atom. The maximum Gasteiger partial charge on any atom is 0.337 e. The molecule has 0 amide bonds. The number of esters is 1. The summed E-state index contributed by atoms with van der Waals surface area (Å²) in [6.07, 6.45) is 2.40. The number of methoxy groups -OCH3 is 1. The summed E-state index contributed by atoms with van der Waals surface area (Å²) in [6.45, 7) is 0. The predicted molar refractivity (Wildman–Crippen MR) is 62.9 cm³/mol. The van der Waals surface area contributed by atoms with Crippen LogP contribution in [-0.2, 0) is 4.74 Å². The minimum atomic E-state index is -0.249. The Morgan fingerprint density at radius 2 is 2.00 bits per heavy atom. The molecule has 1 N–H and O–H groups in total. The normalized spacial score (nSPS) is 24.8. The van der Waals surface area contributed by atoms with Gasteiger partial charge in [-0.1, -0.05) is 6.07 Å². The van der Waals surface area contributed by atoms with Crippen LogP contribution in [0.3, 0.4) is 0 Å². The van der Waals surface area contributed by atoms with E-state index in [-0.39, 0.29) is 18.4 Å². The third-order valence-electron chi connectivity index (χ3n) is 3.41. The molecule has 0 aliphatic carbocycles. The van der Waals surface area contributed by atoms with Gasteiger partial charge in [0.1, 0.15) is 0 Å². The Kier molecular flexibility index (Phi) is 2.91. The van der Waals surface area contributed by atoms with E-state index in [1.807, 2.05) is 12.1 Å². The SMILES string of the molecule is COC(=O)c1ccc2c(c1)C1CCC2N1.Cl.